The highest BCUT2D eigenvalue weighted by molar-refractivity contribution is 6.27. The molecule has 2 saturated heterocycles. The van der Waals surface area contributed by atoms with Gasteiger partial charge in [-0.05, 0) is 68.0 Å². The minimum Gasteiger partial charge on any atom is -0.394 e. The monoisotopic (exact) mass is 659 g/mol. The van der Waals surface area contributed by atoms with Crippen molar-refractivity contribution in [2.45, 2.75) is 69.9 Å². The van der Waals surface area contributed by atoms with Crippen LogP contribution in [0.25, 0.3) is 10.8 Å². The molecule has 252 valence electrons. The first-order valence-electron chi connectivity index (χ1n) is 17.2. The Kier molecular flexibility index (Phi) is 7.44. The molecule has 0 unspecified atom stereocenters. The Bertz CT molecular complexity index is 1980. The zero-order valence-corrected chi connectivity index (χ0v) is 28.0. The molecular weight excluding hydrogens is 618 g/mol. The van der Waals surface area contributed by atoms with E-state index in [9.17, 15) is 24.6 Å². The van der Waals surface area contributed by atoms with Crippen molar-refractivity contribution in [3.63, 3.8) is 0 Å². The summed E-state index contributed by atoms with van der Waals surface area (Å²) in [5, 5.41) is 23.3. The van der Waals surface area contributed by atoms with Crippen LogP contribution in [-0.4, -0.2) is 63.7 Å². The summed E-state index contributed by atoms with van der Waals surface area (Å²) in [4.78, 5) is 47.0. The summed E-state index contributed by atoms with van der Waals surface area (Å²) in [5.41, 5.74) is 2.03. The van der Waals surface area contributed by atoms with Gasteiger partial charge in [0.15, 0.2) is 5.60 Å². The van der Waals surface area contributed by atoms with E-state index in [1.54, 1.807) is 28.5 Å². The van der Waals surface area contributed by atoms with E-state index in [-0.39, 0.29) is 43.3 Å². The molecule has 2 N–H and O–H groups in total. The first-order chi connectivity index (χ1) is 23.5. The second-order valence-corrected chi connectivity index (χ2v) is 14.5. The third kappa shape index (κ3) is 4.74. The Balaban J connectivity index is 1.09. The van der Waals surface area contributed by atoms with Crippen LogP contribution in [0.3, 0.4) is 0 Å². The number of nitrogens with zero attached hydrogens (tertiary/aromatic N) is 3. The lowest BCUT2D eigenvalue weighted by Crippen LogP contribution is -2.46. The normalized spacial score (nSPS) is 26.1. The van der Waals surface area contributed by atoms with Gasteiger partial charge in [0, 0.05) is 35.0 Å². The van der Waals surface area contributed by atoms with Crippen molar-refractivity contribution in [2.24, 2.45) is 11.8 Å². The lowest BCUT2D eigenvalue weighted by molar-refractivity contribution is -0.150. The number of anilines is 3. The molecule has 0 saturated carbocycles. The number of ether oxygens (including phenoxy) is 1. The summed E-state index contributed by atoms with van der Waals surface area (Å²) < 4.78 is 6.82. The number of carbonyl (C=O) groups is 3. The molecule has 4 aliphatic heterocycles. The first-order valence-corrected chi connectivity index (χ1v) is 17.2. The van der Waals surface area contributed by atoms with Crippen LogP contribution < -0.4 is 9.80 Å². The number of hydrogen-bond acceptors (Lipinski definition) is 6. The molecule has 49 heavy (non-hydrogen) atoms. The number of fused-ring (bicyclic) bond motifs is 2. The highest BCUT2D eigenvalue weighted by Crippen LogP contribution is 2.58. The number of likely N-dealkylation sites (tertiary alicyclic amines) is 1. The molecule has 2 fully saturated rings. The van der Waals surface area contributed by atoms with Gasteiger partial charge in [0.25, 0.3) is 11.8 Å². The van der Waals surface area contributed by atoms with E-state index in [0.717, 1.165) is 51.8 Å². The summed E-state index contributed by atoms with van der Waals surface area (Å²) in [6, 6.07) is 26.8. The minimum atomic E-state index is -1.38. The third-order valence-corrected chi connectivity index (χ3v) is 11.3. The van der Waals surface area contributed by atoms with Crippen LogP contribution in [0.1, 0.15) is 61.5 Å². The maximum Gasteiger partial charge on any atom is 0.264 e. The van der Waals surface area contributed by atoms with Gasteiger partial charge in [0.2, 0.25) is 5.91 Å². The van der Waals surface area contributed by atoms with E-state index < -0.39 is 29.1 Å². The standard InChI is InChI=1S/C40H41N3O6/c1-24-36(39(2,3)48)33(21-34(45)41-20-8-11-28(41)23-44)49-40(24)30-13-4-5-14-31(30)42(38(40)47)22-25-16-18-27(19-17-25)43-32-15-7-10-26-9-6-12-29(35(26)32)37(43)46/h4-7,9-10,12-19,24,28,33,36,44,48H,8,11,20-23H2,1-3H3/t24-,28+,33+,36-,40+/m1/s1. The highest BCUT2D eigenvalue weighted by Gasteiger charge is 2.66. The van der Waals surface area contributed by atoms with Gasteiger partial charge in [-0.2, -0.15) is 0 Å². The Labute approximate surface area is 285 Å². The SMILES string of the molecule is C[C@@H]1[C@@H](C(C)(C)O)[C@H](CC(=O)N2CCC[C@H]2CO)O[C@@]12C(=O)N(Cc1ccc(N3C(=O)c4cccc5cccc3c45)cc1)c1ccccc12. The van der Waals surface area contributed by atoms with Gasteiger partial charge in [0.1, 0.15) is 0 Å². The van der Waals surface area contributed by atoms with Gasteiger partial charge in [0.05, 0.1) is 54.3 Å². The summed E-state index contributed by atoms with van der Waals surface area (Å²) in [6.45, 7) is 6.14. The smallest absolute Gasteiger partial charge is 0.264 e. The van der Waals surface area contributed by atoms with E-state index in [1.807, 2.05) is 91.9 Å². The summed E-state index contributed by atoms with van der Waals surface area (Å²) in [6.07, 6.45) is 0.895. The van der Waals surface area contributed by atoms with Crippen molar-refractivity contribution >= 4 is 45.6 Å². The van der Waals surface area contributed by atoms with E-state index in [4.69, 9.17) is 4.74 Å². The Morgan fingerprint density at radius 3 is 2.41 bits per heavy atom. The molecule has 4 aromatic carbocycles. The van der Waals surface area contributed by atoms with Crippen molar-refractivity contribution in [3.8, 4) is 0 Å². The highest BCUT2D eigenvalue weighted by atomic mass is 16.5. The van der Waals surface area contributed by atoms with Crippen LogP contribution in [0.15, 0.2) is 84.9 Å². The summed E-state index contributed by atoms with van der Waals surface area (Å²) in [5.74, 6) is -1.37. The quantitative estimate of drug-likeness (QED) is 0.265. The van der Waals surface area contributed by atoms with Crippen LogP contribution in [0, 0.1) is 11.8 Å². The number of hydrogen-bond donors (Lipinski definition) is 2. The van der Waals surface area contributed by atoms with E-state index in [1.165, 1.54) is 0 Å². The predicted octanol–water partition coefficient (Wildman–Crippen LogP) is 5.67. The molecule has 3 amide bonds. The van der Waals surface area contributed by atoms with Gasteiger partial charge < -0.3 is 24.7 Å². The summed E-state index contributed by atoms with van der Waals surface area (Å²) >= 11 is 0. The fourth-order valence-electron chi connectivity index (χ4n) is 9.14. The van der Waals surface area contributed by atoms with Crippen molar-refractivity contribution in [1.82, 2.24) is 4.90 Å². The predicted molar refractivity (Wildman–Crippen MR) is 186 cm³/mol. The lowest BCUT2D eigenvalue weighted by Gasteiger charge is -2.34. The van der Waals surface area contributed by atoms with Crippen molar-refractivity contribution in [3.05, 3.63) is 102 Å². The molecule has 4 aliphatic rings. The molecule has 0 radical (unpaired) electrons. The second-order valence-electron chi connectivity index (χ2n) is 14.5. The van der Waals surface area contributed by atoms with Crippen LogP contribution in [0.2, 0.25) is 0 Å². The van der Waals surface area contributed by atoms with Crippen LogP contribution in [0.5, 0.6) is 0 Å². The van der Waals surface area contributed by atoms with Crippen molar-refractivity contribution in [2.75, 3.05) is 23.0 Å². The topological polar surface area (TPSA) is 111 Å². The molecule has 5 atom stereocenters. The van der Waals surface area contributed by atoms with E-state index >= 15 is 0 Å². The number of rotatable bonds is 7. The number of amides is 3. The number of benzene rings is 4. The molecule has 0 aromatic heterocycles. The molecule has 4 aromatic rings. The Hall–Kier alpha value is -4.57. The van der Waals surface area contributed by atoms with E-state index in [2.05, 4.69) is 0 Å². The third-order valence-electron chi connectivity index (χ3n) is 11.3. The van der Waals surface area contributed by atoms with Crippen molar-refractivity contribution in [1.29, 1.82) is 0 Å². The van der Waals surface area contributed by atoms with Crippen LogP contribution in [-0.2, 0) is 26.5 Å². The average Bonchev–Trinajstić information content (AvgIpc) is 3.82. The Morgan fingerprint density at radius 1 is 0.959 bits per heavy atom. The number of aliphatic hydroxyl groups is 2. The van der Waals surface area contributed by atoms with Gasteiger partial charge in [-0.1, -0.05) is 61.5 Å². The van der Waals surface area contributed by atoms with Gasteiger partial charge in [-0.3, -0.25) is 19.3 Å². The molecule has 9 nitrogen and oxygen atoms in total. The molecule has 9 heteroatoms. The largest absolute Gasteiger partial charge is 0.394 e. The molecule has 0 aliphatic carbocycles. The fourth-order valence-corrected chi connectivity index (χ4v) is 9.14. The van der Waals surface area contributed by atoms with E-state index in [0.29, 0.717) is 12.1 Å². The molecule has 1 spiro atoms. The zero-order chi connectivity index (χ0) is 34.2. The molecule has 4 heterocycles. The number of para-hydroxylation sites is 1. The van der Waals surface area contributed by atoms with Crippen LogP contribution in [0.4, 0.5) is 17.1 Å². The summed E-state index contributed by atoms with van der Waals surface area (Å²) in [7, 11) is 0. The van der Waals surface area contributed by atoms with Crippen LogP contribution >= 0.6 is 0 Å². The Morgan fingerprint density at radius 2 is 1.67 bits per heavy atom. The maximum atomic E-state index is 14.7. The molecular formula is C40H41N3O6. The fraction of sp³-hybridized carbons (Fsp3) is 0.375. The number of aliphatic hydroxyl groups excluding tert-OH is 1. The zero-order valence-electron chi connectivity index (χ0n) is 28.0. The van der Waals surface area contributed by atoms with Crippen molar-refractivity contribution < 1.29 is 29.3 Å². The molecule has 0 bridgehead atoms. The first kappa shape index (κ1) is 31.7. The average molecular weight is 660 g/mol. The van der Waals surface area contributed by atoms with Gasteiger partial charge >= 0.3 is 0 Å². The number of carbonyl (C=O) groups excluding carboxylic acids is 3. The van der Waals surface area contributed by atoms with Gasteiger partial charge in [-0.15, -0.1) is 0 Å². The second kappa shape index (κ2) is 11.5. The molecule has 8 rings (SSSR count). The lowest BCUT2D eigenvalue weighted by atomic mass is 9.71. The minimum absolute atomic E-state index is 0.0148. The van der Waals surface area contributed by atoms with Gasteiger partial charge in [-0.25, -0.2) is 0 Å². The maximum absolute atomic E-state index is 14.7.